The van der Waals surface area contributed by atoms with E-state index in [0.29, 0.717) is 6.54 Å². The Morgan fingerprint density at radius 3 is 2.85 bits per heavy atom. The Morgan fingerprint density at radius 2 is 2.15 bits per heavy atom. The van der Waals surface area contributed by atoms with Crippen LogP contribution in [0.5, 0.6) is 5.75 Å². The summed E-state index contributed by atoms with van der Waals surface area (Å²) in [6.45, 7) is 2.05. The first-order chi connectivity index (χ1) is 9.67. The molecule has 1 aliphatic heterocycles. The largest absolute Gasteiger partial charge is 0.495 e. The molecule has 2 aromatic rings. The molecule has 3 rings (SSSR count). The maximum Gasteiger partial charge on any atom is 0.244 e. The van der Waals surface area contributed by atoms with Crippen LogP contribution in [0.15, 0.2) is 22.8 Å². The monoisotopic (exact) mass is 337 g/mol. The van der Waals surface area contributed by atoms with E-state index in [1.807, 2.05) is 23.2 Å². The number of benzene rings is 1. The van der Waals surface area contributed by atoms with Crippen molar-refractivity contribution in [2.75, 3.05) is 20.2 Å². The quantitative estimate of drug-likeness (QED) is 0.864. The lowest BCUT2D eigenvalue weighted by Crippen LogP contribution is -2.31. The van der Waals surface area contributed by atoms with Gasteiger partial charge < -0.3 is 9.64 Å². The van der Waals surface area contributed by atoms with Crippen LogP contribution in [0.1, 0.15) is 12.8 Å². The van der Waals surface area contributed by atoms with Gasteiger partial charge in [0.15, 0.2) is 0 Å². The van der Waals surface area contributed by atoms with Gasteiger partial charge in [0.1, 0.15) is 12.3 Å². The molecule has 5 nitrogen and oxygen atoms in total. The number of aromatic nitrogens is 2. The van der Waals surface area contributed by atoms with Crippen molar-refractivity contribution >= 4 is 32.7 Å². The van der Waals surface area contributed by atoms with Crippen LogP contribution in [0.2, 0.25) is 0 Å². The SMILES string of the molecule is COc1cc2nn(CC(=O)N3CCCC3)cc2cc1Br. The smallest absolute Gasteiger partial charge is 0.244 e. The lowest BCUT2D eigenvalue weighted by atomic mass is 10.2. The van der Waals surface area contributed by atoms with Crippen LogP contribution < -0.4 is 4.74 Å². The molecule has 1 aromatic carbocycles. The molecule has 0 N–H and O–H groups in total. The zero-order valence-electron chi connectivity index (χ0n) is 11.3. The number of rotatable bonds is 3. The number of methoxy groups -OCH3 is 1. The molecular weight excluding hydrogens is 322 g/mol. The Labute approximate surface area is 125 Å². The van der Waals surface area contributed by atoms with Crippen LogP contribution in [0, 0.1) is 0 Å². The summed E-state index contributed by atoms with van der Waals surface area (Å²) in [5, 5.41) is 5.43. The van der Waals surface area contributed by atoms with Crippen LogP contribution >= 0.6 is 15.9 Å². The maximum absolute atomic E-state index is 12.1. The Balaban J connectivity index is 1.83. The minimum absolute atomic E-state index is 0.140. The van der Waals surface area contributed by atoms with E-state index in [1.54, 1.807) is 11.8 Å². The number of hydrogen-bond donors (Lipinski definition) is 0. The fourth-order valence-corrected chi connectivity index (χ4v) is 3.04. The predicted octanol–water partition coefficient (Wildman–Crippen LogP) is 2.43. The first kappa shape index (κ1) is 13.4. The van der Waals surface area contributed by atoms with Crippen LogP contribution in [-0.2, 0) is 11.3 Å². The van der Waals surface area contributed by atoms with Crippen molar-refractivity contribution in [1.29, 1.82) is 0 Å². The fourth-order valence-electron chi connectivity index (χ4n) is 2.52. The van der Waals surface area contributed by atoms with Gasteiger partial charge >= 0.3 is 0 Å². The summed E-state index contributed by atoms with van der Waals surface area (Å²) in [6.07, 6.45) is 4.11. The minimum atomic E-state index is 0.140. The average molecular weight is 338 g/mol. The number of carbonyl (C=O) groups is 1. The van der Waals surface area contributed by atoms with Crippen molar-refractivity contribution in [1.82, 2.24) is 14.7 Å². The Bertz CT molecular complexity index is 647. The zero-order chi connectivity index (χ0) is 14.1. The van der Waals surface area contributed by atoms with E-state index >= 15 is 0 Å². The third-order valence-electron chi connectivity index (χ3n) is 3.58. The summed E-state index contributed by atoms with van der Waals surface area (Å²) in [7, 11) is 1.62. The van der Waals surface area contributed by atoms with E-state index < -0.39 is 0 Å². The van der Waals surface area contributed by atoms with Gasteiger partial charge in [-0.05, 0) is 34.8 Å². The van der Waals surface area contributed by atoms with E-state index in [9.17, 15) is 4.79 Å². The van der Waals surface area contributed by atoms with E-state index in [1.165, 1.54) is 0 Å². The van der Waals surface area contributed by atoms with Crippen LogP contribution in [0.25, 0.3) is 10.9 Å². The van der Waals surface area contributed by atoms with Gasteiger partial charge in [0.05, 0.1) is 17.1 Å². The summed E-state index contributed by atoms with van der Waals surface area (Å²) in [6, 6.07) is 3.83. The highest BCUT2D eigenvalue weighted by atomic mass is 79.9. The Hall–Kier alpha value is -1.56. The number of nitrogens with zero attached hydrogens (tertiary/aromatic N) is 3. The zero-order valence-corrected chi connectivity index (χ0v) is 12.9. The van der Waals surface area contributed by atoms with Crippen molar-refractivity contribution < 1.29 is 9.53 Å². The first-order valence-corrected chi connectivity index (χ1v) is 7.45. The maximum atomic E-state index is 12.1. The molecule has 2 heterocycles. The second-order valence-corrected chi connectivity index (χ2v) is 5.81. The highest BCUT2D eigenvalue weighted by Crippen LogP contribution is 2.29. The molecular formula is C14H16BrN3O2. The number of amides is 1. The molecule has 20 heavy (non-hydrogen) atoms. The predicted molar refractivity (Wildman–Crippen MR) is 79.8 cm³/mol. The Kier molecular flexibility index (Phi) is 3.65. The molecule has 0 atom stereocenters. The van der Waals surface area contributed by atoms with Crippen LogP contribution in [0.3, 0.4) is 0 Å². The van der Waals surface area contributed by atoms with Crippen molar-refractivity contribution in [3.05, 3.63) is 22.8 Å². The van der Waals surface area contributed by atoms with E-state index in [2.05, 4.69) is 21.0 Å². The van der Waals surface area contributed by atoms with Gasteiger partial charge in [-0.15, -0.1) is 0 Å². The molecule has 1 aromatic heterocycles. The number of fused-ring (bicyclic) bond motifs is 1. The normalized spacial score (nSPS) is 15.0. The van der Waals surface area contributed by atoms with Crippen LogP contribution in [-0.4, -0.2) is 40.8 Å². The van der Waals surface area contributed by atoms with Gasteiger partial charge in [-0.25, -0.2) is 0 Å². The molecule has 0 unspecified atom stereocenters. The van der Waals surface area contributed by atoms with Crippen molar-refractivity contribution in [2.24, 2.45) is 0 Å². The molecule has 0 spiro atoms. The standard InChI is InChI=1S/C14H16BrN3O2/c1-20-13-7-12-10(6-11(13)15)8-18(16-12)9-14(19)17-4-2-3-5-17/h6-8H,2-5,9H2,1H3. The average Bonchev–Trinajstić information content (AvgIpc) is 3.05. The molecule has 106 valence electrons. The lowest BCUT2D eigenvalue weighted by Gasteiger charge is -2.14. The topological polar surface area (TPSA) is 47.4 Å². The summed E-state index contributed by atoms with van der Waals surface area (Å²) < 4.78 is 7.85. The molecule has 1 fully saturated rings. The molecule has 6 heteroatoms. The van der Waals surface area contributed by atoms with E-state index in [4.69, 9.17) is 4.74 Å². The van der Waals surface area contributed by atoms with Gasteiger partial charge in [-0.1, -0.05) is 0 Å². The second-order valence-electron chi connectivity index (χ2n) is 4.96. The van der Waals surface area contributed by atoms with Gasteiger partial charge in [-0.2, -0.15) is 5.10 Å². The highest BCUT2D eigenvalue weighted by Gasteiger charge is 2.18. The number of ether oxygens (including phenoxy) is 1. The van der Waals surface area contributed by atoms with Gasteiger partial charge in [0.2, 0.25) is 5.91 Å². The minimum Gasteiger partial charge on any atom is -0.495 e. The van der Waals surface area contributed by atoms with Crippen LogP contribution in [0.4, 0.5) is 0 Å². The number of carbonyl (C=O) groups excluding carboxylic acids is 1. The summed E-state index contributed by atoms with van der Waals surface area (Å²) in [5.41, 5.74) is 0.833. The first-order valence-electron chi connectivity index (χ1n) is 6.66. The van der Waals surface area contributed by atoms with Crippen molar-refractivity contribution in [3.8, 4) is 5.75 Å². The van der Waals surface area contributed by atoms with Gasteiger partial charge in [0, 0.05) is 30.7 Å². The van der Waals surface area contributed by atoms with Crippen molar-refractivity contribution in [3.63, 3.8) is 0 Å². The van der Waals surface area contributed by atoms with Gasteiger partial charge in [-0.3, -0.25) is 9.48 Å². The molecule has 0 radical (unpaired) electrons. The third kappa shape index (κ3) is 2.52. The van der Waals surface area contributed by atoms with Crippen molar-refractivity contribution in [2.45, 2.75) is 19.4 Å². The fraction of sp³-hybridized carbons (Fsp3) is 0.429. The van der Waals surface area contributed by atoms with Gasteiger partial charge in [0.25, 0.3) is 0 Å². The molecule has 1 aliphatic rings. The molecule has 0 aliphatic carbocycles. The number of likely N-dealkylation sites (tertiary alicyclic amines) is 1. The number of halogens is 1. The Morgan fingerprint density at radius 1 is 1.40 bits per heavy atom. The summed E-state index contributed by atoms with van der Waals surface area (Å²) >= 11 is 3.45. The second kappa shape index (κ2) is 5.44. The molecule has 1 saturated heterocycles. The summed E-state index contributed by atoms with van der Waals surface area (Å²) in [4.78, 5) is 14.0. The summed E-state index contributed by atoms with van der Waals surface area (Å²) in [5.74, 6) is 0.884. The highest BCUT2D eigenvalue weighted by molar-refractivity contribution is 9.10. The molecule has 0 bridgehead atoms. The third-order valence-corrected chi connectivity index (χ3v) is 4.20. The molecule has 1 amide bonds. The van der Waals surface area contributed by atoms with E-state index in [-0.39, 0.29) is 5.91 Å². The number of hydrogen-bond acceptors (Lipinski definition) is 3. The van der Waals surface area contributed by atoms with E-state index in [0.717, 1.165) is 47.1 Å². The lowest BCUT2D eigenvalue weighted by molar-refractivity contribution is -0.130. The molecule has 0 saturated carbocycles.